The van der Waals surface area contributed by atoms with E-state index in [1.165, 1.54) is 6.42 Å². The highest BCUT2D eigenvalue weighted by Crippen LogP contribution is 2.27. The minimum atomic E-state index is -0.133. The Morgan fingerprint density at radius 3 is 2.76 bits per heavy atom. The summed E-state index contributed by atoms with van der Waals surface area (Å²) in [5.74, 6) is 1.29. The summed E-state index contributed by atoms with van der Waals surface area (Å²) in [6.07, 6.45) is 4.34. The molecule has 3 nitrogen and oxygen atoms in total. The maximum Gasteiger partial charge on any atom is 0.183 e. The van der Waals surface area contributed by atoms with Crippen molar-refractivity contribution in [1.82, 2.24) is 5.32 Å². The number of hydrogen-bond acceptors (Lipinski definition) is 3. The summed E-state index contributed by atoms with van der Waals surface area (Å²) in [5, 5.41) is 13.2. The van der Waals surface area contributed by atoms with Crippen molar-refractivity contribution in [3.63, 3.8) is 0 Å². The molecule has 2 unspecified atom stereocenters. The van der Waals surface area contributed by atoms with Crippen molar-refractivity contribution >= 4 is 31.9 Å². The molecule has 1 saturated carbocycles. The van der Waals surface area contributed by atoms with E-state index in [-0.39, 0.29) is 6.10 Å². The monoisotopic (exact) mass is 365 g/mol. The average Bonchev–Trinajstić information content (AvgIpc) is 2.61. The van der Waals surface area contributed by atoms with Gasteiger partial charge in [-0.2, -0.15) is 0 Å². The molecule has 0 saturated heterocycles. The molecule has 1 aromatic heterocycles. The van der Waals surface area contributed by atoms with Crippen LogP contribution in [0.25, 0.3) is 0 Å². The van der Waals surface area contributed by atoms with E-state index in [2.05, 4.69) is 37.2 Å². The number of nitrogens with one attached hydrogen (secondary N) is 1. The van der Waals surface area contributed by atoms with Crippen LogP contribution in [0.2, 0.25) is 0 Å². The van der Waals surface area contributed by atoms with Gasteiger partial charge in [0.1, 0.15) is 5.76 Å². The Morgan fingerprint density at radius 1 is 1.35 bits per heavy atom. The standard InChI is InChI=1S/C12H17Br2NO2/c13-10-5-9(17-12(10)14)7-15-6-8-3-1-2-4-11(8)16/h5,8,11,15-16H,1-4,6-7H2. The van der Waals surface area contributed by atoms with E-state index >= 15 is 0 Å². The lowest BCUT2D eigenvalue weighted by Crippen LogP contribution is -2.33. The lowest BCUT2D eigenvalue weighted by Gasteiger charge is -2.27. The van der Waals surface area contributed by atoms with Crippen molar-refractivity contribution in [2.75, 3.05) is 6.54 Å². The van der Waals surface area contributed by atoms with E-state index in [4.69, 9.17) is 4.42 Å². The molecule has 0 spiro atoms. The summed E-state index contributed by atoms with van der Waals surface area (Å²) in [7, 11) is 0. The van der Waals surface area contributed by atoms with E-state index in [0.29, 0.717) is 12.5 Å². The number of hydrogen-bond donors (Lipinski definition) is 2. The van der Waals surface area contributed by atoms with Crippen LogP contribution in [0.3, 0.4) is 0 Å². The van der Waals surface area contributed by atoms with Crippen LogP contribution in [0.4, 0.5) is 0 Å². The lowest BCUT2D eigenvalue weighted by atomic mass is 9.86. The predicted molar refractivity (Wildman–Crippen MR) is 73.8 cm³/mol. The van der Waals surface area contributed by atoms with Gasteiger partial charge in [0.25, 0.3) is 0 Å². The largest absolute Gasteiger partial charge is 0.452 e. The third kappa shape index (κ3) is 3.81. The third-order valence-electron chi connectivity index (χ3n) is 3.27. The van der Waals surface area contributed by atoms with Gasteiger partial charge < -0.3 is 14.8 Å². The summed E-state index contributed by atoms with van der Waals surface area (Å²) in [6.45, 7) is 1.56. The molecule has 1 fully saturated rings. The van der Waals surface area contributed by atoms with Gasteiger partial charge in [-0.05, 0) is 56.7 Å². The van der Waals surface area contributed by atoms with Gasteiger partial charge in [0.15, 0.2) is 4.67 Å². The molecule has 0 aliphatic heterocycles. The number of aliphatic hydroxyl groups excluding tert-OH is 1. The third-order valence-corrected chi connectivity index (χ3v) is 4.98. The molecule has 0 radical (unpaired) electrons. The van der Waals surface area contributed by atoms with Crippen LogP contribution in [0.15, 0.2) is 19.6 Å². The molecular weight excluding hydrogens is 350 g/mol. The van der Waals surface area contributed by atoms with Crippen LogP contribution in [0, 0.1) is 5.92 Å². The van der Waals surface area contributed by atoms with Crippen LogP contribution in [0.1, 0.15) is 31.4 Å². The quantitative estimate of drug-likeness (QED) is 0.857. The minimum Gasteiger partial charge on any atom is -0.452 e. The number of aliphatic hydroxyl groups is 1. The first-order chi connectivity index (χ1) is 8.16. The second-order valence-corrected chi connectivity index (χ2v) is 6.15. The fraction of sp³-hybridized carbons (Fsp3) is 0.667. The minimum absolute atomic E-state index is 0.133. The van der Waals surface area contributed by atoms with Crippen molar-refractivity contribution in [3.05, 3.63) is 21.0 Å². The zero-order chi connectivity index (χ0) is 12.3. The highest BCUT2D eigenvalue weighted by atomic mass is 79.9. The molecular formula is C12H17Br2NO2. The van der Waals surface area contributed by atoms with Gasteiger partial charge in [0, 0.05) is 6.54 Å². The predicted octanol–water partition coefficient (Wildman–Crippen LogP) is 3.45. The van der Waals surface area contributed by atoms with Crippen molar-refractivity contribution in [2.45, 2.75) is 38.3 Å². The SMILES string of the molecule is OC1CCCCC1CNCc1cc(Br)c(Br)o1. The van der Waals surface area contributed by atoms with Crippen LogP contribution >= 0.6 is 31.9 Å². The molecule has 2 N–H and O–H groups in total. The molecule has 2 rings (SSSR count). The van der Waals surface area contributed by atoms with Gasteiger partial charge in [-0.3, -0.25) is 0 Å². The Kier molecular flexibility index (Phi) is 5.09. The van der Waals surface area contributed by atoms with Crippen LogP contribution in [-0.4, -0.2) is 17.8 Å². The maximum absolute atomic E-state index is 9.84. The maximum atomic E-state index is 9.84. The van der Waals surface area contributed by atoms with Gasteiger partial charge in [0.2, 0.25) is 0 Å². The summed E-state index contributed by atoms with van der Waals surface area (Å²) >= 11 is 6.70. The van der Waals surface area contributed by atoms with Gasteiger partial charge in [-0.15, -0.1) is 0 Å². The van der Waals surface area contributed by atoms with E-state index in [0.717, 1.165) is 40.7 Å². The topological polar surface area (TPSA) is 45.4 Å². The molecule has 17 heavy (non-hydrogen) atoms. The van der Waals surface area contributed by atoms with Crippen molar-refractivity contribution in [2.24, 2.45) is 5.92 Å². The molecule has 1 aliphatic rings. The van der Waals surface area contributed by atoms with E-state index in [9.17, 15) is 5.11 Å². The Bertz CT molecular complexity index is 348. The van der Waals surface area contributed by atoms with Crippen molar-refractivity contribution < 1.29 is 9.52 Å². The molecule has 1 heterocycles. The van der Waals surface area contributed by atoms with Crippen molar-refractivity contribution in [3.8, 4) is 0 Å². The van der Waals surface area contributed by atoms with Crippen LogP contribution < -0.4 is 5.32 Å². The molecule has 0 aromatic carbocycles. The highest BCUT2D eigenvalue weighted by Gasteiger charge is 2.22. The first kappa shape index (κ1) is 13.6. The zero-order valence-electron chi connectivity index (χ0n) is 9.59. The second kappa shape index (κ2) is 6.36. The molecule has 96 valence electrons. The number of furan rings is 1. The Hall–Kier alpha value is 0.160. The normalized spacial score (nSPS) is 25.1. The average molecular weight is 367 g/mol. The molecule has 2 atom stereocenters. The van der Waals surface area contributed by atoms with Crippen molar-refractivity contribution in [1.29, 1.82) is 0 Å². The number of halogens is 2. The summed E-state index contributed by atoms with van der Waals surface area (Å²) in [5.41, 5.74) is 0. The fourth-order valence-electron chi connectivity index (χ4n) is 2.29. The van der Waals surface area contributed by atoms with E-state index in [1.807, 2.05) is 6.07 Å². The molecule has 1 aromatic rings. The van der Waals surface area contributed by atoms with Crippen LogP contribution in [-0.2, 0) is 6.54 Å². The zero-order valence-corrected chi connectivity index (χ0v) is 12.8. The molecule has 0 amide bonds. The van der Waals surface area contributed by atoms with E-state index < -0.39 is 0 Å². The first-order valence-corrected chi connectivity index (χ1v) is 7.58. The Morgan fingerprint density at radius 2 is 2.12 bits per heavy atom. The Balaban J connectivity index is 1.75. The van der Waals surface area contributed by atoms with Gasteiger partial charge in [-0.1, -0.05) is 12.8 Å². The van der Waals surface area contributed by atoms with Crippen LogP contribution in [0.5, 0.6) is 0 Å². The van der Waals surface area contributed by atoms with E-state index in [1.54, 1.807) is 0 Å². The Labute approximate surface area is 118 Å². The second-order valence-electron chi connectivity index (χ2n) is 4.58. The summed E-state index contributed by atoms with van der Waals surface area (Å²) < 4.78 is 7.14. The van der Waals surface area contributed by atoms with Gasteiger partial charge >= 0.3 is 0 Å². The molecule has 0 bridgehead atoms. The summed E-state index contributed by atoms with van der Waals surface area (Å²) in [6, 6.07) is 1.95. The van der Waals surface area contributed by atoms with Gasteiger partial charge in [0.05, 0.1) is 17.1 Å². The molecule has 5 heteroatoms. The lowest BCUT2D eigenvalue weighted by molar-refractivity contribution is 0.0692. The highest BCUT2D eigenvalue weighted by molar-refractivity contribution is 9.13. The smallest absolute Gasteiger partial charge is 0.183 e. The van der Waals surface area contributed by atoms with Gasteiger partial charge in [-0.25, -0.2) is 0 Å². The first-order valence-electron chi connectivity index (χ1n) is 5.99. The fourth-order valence-corrected chi connectivity index (χ4v) is 2.94. The summed E-state index contributed by atoms with van der Waals surface area (Å²) in [4.78, 5) is 0. The number of rotatable bonds is 4. The molecule has 1 aliphatic carbocycles.